The molecule has 1 nitrogen and oxygen atoms in total. The van der Waals surface area contributed by atoms with Gasteiger partial charge in [0.15, 0.2) is 0 Å². The van der Waals surface area contributed by atoms with Gasteiger partial charge in [0.2, 0.25) is 0 Å². The minimum absolute atomic E-state index is 0.138. The molecule has 1 unspecified atom stereocenters. The summed E-state index contributed by atoms with van der Waals surface area (Å²) < 4.78 is 12.7. The smallest absolute Gasteiger partial charge is 0.123 e. The lowest BCUT2D eigenvalue weighted by Gasteiger charge is -2.21. The molecule has 2 aromatic carbocycles. The number of hydrogen-bond acceptors (Lipinski definition) is 1. The van der Waals surface area contributed by atoms with E-state index >= 15 is 0 Å². The van der Waals surface area contributed by atoms with Crippen LogP contribution in [0.4, 0.5) is 4.39 Å². The molecule has 1 aliphatic heterocycles. The Kier molecular flexibility index (Phi) is 14.4. The van der Waals surface area contributed by atoms with Crippen LogP contribution in [-0.4, -0.2) is 18.0 Å². The first kappa shape index (κ1) is 30.9. The van der Waals surface area contributed by atoms with Gasteiger partial charge < -0.3 is 4.90 Å². The topological polar surface area (TPSA) is 3.24 Å². The molecule has 2 aromatic rings. The summed E-state index contributed by atoms with van der Waals surface area (Å²) in [6.07, 6.45) is 18.4. The Morgan fingerprint density at radius 2 is 1.62 bits per heavy atom. The maximum atomic E-state index is 12.7. The summed E-state index contributed by atoms with van der Waals surface area (Å²) in [6, 6.07) is 13.2. The summed E-state index contributed by atoms with van der Waals surface area (Å²) in [5, 5.41) is 0.829. The monoisotopic (exact) mass is 523 g/mol. The lowest BCUT2D eigenvalue weighted by molar-refractivity contribution is 0.454. The van der Waals surface area contributed by atoms with Crippen LogP contribution in [0.15, 0.2) is 73.3 Å². The van der Waals surface area contributed by atoms with E-state index in [2.05, 4.69) is 68.7 Å². The van der Waals surface area contributed by atoms with Crippen molar-refractivity contribution in [1.29, 1.82) is 0 Å². The van der Waals surface area contributed by atoms with E-state index in [0.29, 0.717) is 5.92 Å². The number of aryl methyl sites for hydroxylation is 1. The molecule has 4 rings (SSSR count). The van der Waals surface area contributed by atoms with Gasteiger partial charge >= 0.3 is 0 Å². The molecule has 0 spiro atoms. The van der Waals surface area contributed by atoms with Crippen LogP contribution in [0.25, 0.3) is 5.70 Å². The van der Waals surface area contributed by atoms with Crippen LogP contribution < -0.4 is 0 Å². The summed E-state index contributed by atoms with van der Waals surface area (Å²) in [7, 11) is 0. The number of benzene rings is 2. The Balaban J connectivity index is 0.000000216. The van der Waals surface area contributed by atoms with Crippen LogP contribution in [0, 0.1) is 18.7 Å². The number of nitrogens with zero attached hydrogens (tertiary/aromatic N) is 1. The van der Waals surface area contributed by atoms with E-state index in [1.54, 1.807) is 12.1 Å². The molecule has 202 valence electrons. The van der Waals surface area contributed by atoms with E-state index in [0.717, 1.165) is 40.9 Å². The number of rotatable bonds is 8. The molecule has 3 heteroatoms. The molecule has 1 fully saturated rings. The largest absolute Gasteiger partial charge is 0.371 e. The van der Waals surface area contributed by atoms with Gasteiger partial charge in [0.25, 0.3) is 0 Å². The Bertz CT molecular complexity index is 973. The van der Waals surface area contributed by atoms with Crippen molar-refractivity contribution >= 4 is 17.3 Å². The normalized spacial score (nSPS) is 16.2. The van der Waals surface area contributed by atoms with Crippen molar-refractivity contribution in [2.45, 2.75) is 85.0 Å². The second-order valence-corrected chi connectivity index (χ2v) is 10.6. The average Bonchev–Trinajstić information content (AvgIpc) is 3.41. The first-order chi connectivity index (χ1) is 17.9. The van der Waals surface area contributed by atoms with Crippen molar-refractivity contribution in [2.75, 3.05) is 13.1 Å². The molecule has 0 bridgehead atoms. The lowest BCUT2D eigenvalue weighted by atomic mass is 9.90. The van der Waals surface area contributed by atoms with Gasteiger partial charge in [-0.25, -0.2) is 4.39 Å². The zero-order valence-electron chi connectivity index (χ0n) is 23.5. The van der Waals surface area contributed by atoms with Crippen molar-refractivity contribution < 1.29 is 4.39 Å². The predicted molar refractivity (Wildman–Crippen MR) is 162 cm³/mol. The maximum Gasteiger partial charge on any atom is 0.123 e. The Morgan fingerprint density at radius 1 is 1.00 bits per heavy atom. The van der Waals surface area contributed by atoms with E-state index in [9.17, 15) is 4.39 Å². The Hall–Kier alpha value is -2.32. The molecule has 0 radical (unpaired) electrons. The third-order valence-corrected chi connectivity index (χ3v) is 7.66. The van der Waals surface area contributed by atoms with Crippen molar-refractivity contribution in [2.24, 2.45) is 5.92 Å². The average molecular weight is 524 g/mol. The van der Waals surface area contributed by atoms with Gasteiger partial charge in [0.1, 0.15) is 5.82 Å². The van der Waals surface area contributed by atoms with Crippen LogP contribution in [0.3, 0.4) is 0 Å². The highest BCUT2D eigenvalue weighted by molar-refractivity contribution is 6.31. The van der Waals surface area contributed by atoms with Crippen molar-refractivity contribution in [3.05, 3.63) is 101 Å². The van der Waals surface area contributed by atoms with Crippen molar-refractivity contribution in [3.63, 3.8) is 0 Å². The molecule has 1 heterocycles. The molecular formula is C34H47ClFN. The van der Waals surface area contributed by atoms with Gasteiger partial charge in [-0.15, -0.1) is 0 Å². The highest BCUT2D eigenvalue weighted by Crippen LogP contribution is 2.29. The number of likely N-dealkylation sites (tertiary alicyclic amines) is 1. The molecule has 37 heavy (non-hydrogen) atoms. The lowest BCUT2D eigenvalue weighted by Crippen LogP contribution is -2.18. The molecule has 1 atom stereocenters. The molecule has 1 saturated heterocycles. The fourth-order valence-corrected chi connectivity index (χ4v) is 5.00. The molecule has 2 aliphatic rings. The highest BCUT2D eigenvalue weighted by atomic mass is 35.5. The molecule has 0 saturated carbocycles. The van der Waals surface area contributed by atoms with Gasteiger partial charge in [0, 0.05) is 23.8 Å². The first-order valence-corrected chi connectivity index (χ1v) is 14.5. The van der Waals surface area contributed by atoms with E-state index in [1.807, 2.05) is 25.1 Å². The minimum Gasteiger partial charge on any atom is -0.371 e. The Labute approximate surface area is 231 Å². The minimum atomic E-state index is -0.138. The van der Waals surface area contributed by atoms with E-state index in [4.69, 9.17) is 11.6 Å². The van der Waals surface area contributed by atoms with Crippen molar-refractivity contribution in [1.82, 2.24) is 4.90 Å². The van der Waals surface area contributed by atoms with E-state index in [1.165, 1.54) is 56.9 Å². The number of allylic oxidation sites excluding steroid dienone is 4. The maximum absolute atomic E-state index is 12.7. The molecule has 0 N–H and O–H groups in total. The highest BCUT2D eigenvalue weighted by Gasteiger charge is 2.22. The number of halogens is 2. The molecular weight excluding hydrogens is 477 g/mol. The summed E-state index contributed by atoms with van der Waals surface area (Å²) in [4.78, 5) is 2.38. The van der Waals surface area contributed by atoms with Crippen LogP contribution >= 0.6 is 11.6 Å². The second-order valence-electron chi connectivity index (χ2n) is 10.2. The van der Waals surface area contributed by atoms with Crippen LogP contribution in [-0.2, 0) is 0 Å². The fourth-order valence-electron chi connectivity index (χ4n) is 4.82. The molecule has 1 aliphatic carbocycles. The molecule has 0 aromatic heterocycles. The van der Waals surface area contributed by atoms with Gasteiger partial charge in [-0.3, -0.25) is 0 Å². The first-order valence-electron chi connectivity index (χ1n) is 14.2. The zero-order valence-corrected chi connectivity index (χ0v) is 24.2. The molecule has 0 amide bonds. The second kappa shape index (κ2) is 17.2. The predicted octanol–water partition coefficient (Wildman–Crippen LogP) is 10.8. The van der Waals surface area contributed by atoms with E-state index < -0.39 is 0 Å². The van der Waals surface area contributed by atoms with Gasteiger partial charge in [0.05, 0.1) is 0 Å². The van der Waals surface area contributed by atoms with Crippen LogP contribution in [0.1, 0.15) is 94.7 Å². The standard InChI is InChI=1S/C15H20ClN.C13H19F.C6H8/c1-4-13-7-8-17(10-13)12(3)14-6-5-11(2)15(16)9-14;1-3-5-11(6-4-2)12-7-9-13(14)10-8-12;1-2-4-6-5-3-1/h5-6,9,13H,3-4,7-8,10H2,1-2H3;7-11H,3-6H2,1-2H3;1-4H,5-6H2. The van der Waals surface area contributed by atoms with Crippen molar-refractivity contribution in [3.8, 4) is 0 Å². The quantitative estimate of drug-likeness (QED) is 0.332. The van der Waals surface area contributed by atoms with Gasteiger partial charge in [-0.2, -0.15) is 0 Å². The van der Waals surface area contributed by atoms with Crippen LogP contribution in [0.5, 0.6) is 0 Å². The summed E-state index contributed by atoms with van der Waals surface area (Å²) in [5.41, 5.74) is 4.67. The zero-order chi connectivity index (χ0) is 27.0. The van der Waals surface area contributed by atoms with Gasteiger partial charge in [-0.05, 0) is 85.8 Å². The fraction of sp³-hybridized carbons (Fsp3) is 0.471. The number of hydrogen-bond donors (Lipinski definition) is 0. The summed E-state index contributed by atoms with van der Waals surface area (Å²) >= 11 is 6.16. The summed E-state index contributed by atoms with van der Waals surface area (Å²) in [6.45, 7) is 15.2. The third-order valence-electron chi connectivity index (χ3n) is 7.25. The Morgan fingerprint density at radius 3 is 2.08 bits per heavy atom. The van der Waals surface area contributed by atoms with Crippen LogP contribution in [0.2, 0.25) is 5.02 Å². The SMILES string of the molecule is C1=CCCC=C1.C=C(c1ccc(C)c(Cl)c1)N1CCC(CC)C1.CCCC(CCC)c1ccc(F)cc1. The van der Waals surface area contributed by atoms with E-state index in [-0.39, 0.29) is 5.82 Å². The third kappa shape index (κ3) is 10.9. The summed E-state index contributed by atoms with van der Waals surface area (Å²) in [5.74, 6) is 1.30. The van der Waals surface area contributed by atoms with Gasteiger partial charge in [-0.1, -0.05) is 107 Å².